The van der Waals surface area contributed by atoms with Crippen LogP contribution in [0.25, 0.3) is 0 Å². The van der Waals surface area contributed by atoms with Crippen molar-refractivity contribution < 1.29 is 22.7 Å². The zero-order valence-corrected chi connectivity index (χ0v) is 25.7. The van der Waals surface area contributed by atoms with Crippen molar-refractivity contribution in [2.75, 3.05) is 24.2 Å². The van der Waals surface area contributed by atoms with Gasteiger partial charge in [-0.25, -0.2) is 8.42 Å². The fourth-order valence-corrected chi connectivity index (χ4v) is 6.22. The van der Waals surface area contributed by atoms with Gasteiger partial charge >= 0.3 is 0 Å². The first-order valence-corrected chi connectivity index (χ1v) is 16.2. The molecule has 1 fully saturated rings. The second-order valence-corrected chi connectivity index (χ2v) is 13.0. The van der Waals surface area contributed by atoms with Gasteiger partial charge in [-0.15, -0.1) is 0 Å². The lowest BCUT2D eigenvalue weighted by molar-refractivity contribution is -0.140. The van der Waals surface area contributed by atoms with Crippen molar-refractivity contribution in [2.24, 2.45) is 0 Å². The third kappa shape index (κ3) is 8.12. The quantitative estimate of drug-likeness (QED) is 0.327. The number of hydrogen-bond acceptors (Lipinski definition) is 5. The monoisotopic (exact) mass is 591 g/mol. The van der Waals surface area contributed by atoms with Crippen molar-refractivity contribution in [2.45, 2.75) is 64.6 Å². The van der Waals surface area contributed by atoms with Gasteiger partial charge in [0.05, 0.1) is 19.1 Å². The first kappa shape index (κ1) is 31.1. The summed E-state index contributed by atoms with van der Waals surface area (Å²) in [5.74, 6) is -0.0779. The predicted molar refractivity (Wildman–Crippen MR) is 166 cm³/mol. The average molecular weight is 592 g/mol. The first-order chi connectivity index (χ1) is 20.0. The maximum absolute atomic E-state index is 14.3. The number of methoxy groups -OCH3 is 1. The maximum Gasteiger partial charge on any atom is 0.244 e. The molecule has 0 unspecified atom stereocenters. The fraction of sp³-hybridized carbons (Fsp3) is 0.394. The molecule has 1 aliphatic carbocycles. The topological polar surface area (TPSA) is 96.0 Å². The van der Waals surface area contributed by atoms with Crippen LogP contribution in [0.3, 0.4) is 0 Å². The molecule has 2 amide bonds. The highest BCUT2D eigenvalue weighted by Crippen LogP contribution is 2.24. The highest BCUT2D eigenvalue weighted by Gasteiger charge is 2.34. The molecule has 9 heteroatoms. The molecule has 0 aromatic heterocycles. The Morgan fingerprint density at radius 2 is 1.62 bits per heavy atom. The summed E-state index contributed by atoms with van der Waals surface area (Å²) in [7, 11) is -2.25. The number of rotatable bonds is 12. The first-order valence-electron chi connectivity index (χ1n) is 14.4. The fourth-order valence-electron chi connectivity index (χ4n) is 5.38. The molecule has 0 spiro atoms. The number of carbonyl (C=O) groups is 2. The van der Waals surface area contributed by atoms with Crippen LogP contribution in [0.1, 0.15) is 47.9 Å². The van der Waals surface area contributed by atoms with Crippen molar-refractivity contribution in [3.05, 3.63) is 95.1 Å². The Kier molecular flexibility index (Phi) is 10.3. The molecule has 0 saturated heterocycles. The molecule has 1 saturated carbocycles. The van der Waals surface area contributed by atoms with Crippen LogP contribution in [0.4, 0.5) is 5.69 Å². The van der Waals surface area contributed by atoms with Crippen LogP contribution in [-0.2, 0) is 32.6 Å². The van der Waals surface area contributed by atoms with Gasteiger partial charge in [0.2, 0.25) is 21.8 Å². The predicted octanol–water partition coefficient (Wildman–Crippen LogP) is 4.78. The van der Waals surface area contributed by atoms with Crippen molar-refractivity contribution in [3.63, 3.8) is 0 Å². The molecule has 8 nitrogen and oxygen atoms in total. The van der Waals surface area contributed by atoms with Crippen molar-refractivity contribution in [1.29, 1.82) is 0 Å². The van der Waals surface area contributed by atoms with Gasteiger partial charge in [0, 0.05) is 19.0 Å². The van der Waals surface area contributed by atoms with Crippen LogP contribution < -0.4 is 14.4 Å². The molecule has 0 radical (unpaired) electrons. The molecule has 1 atom stereocenters. The van der Waals surface area contributed by atoms with Gasteiger partial charge in [-0.3, -0.25) is 13.9 Å². The molecule has 0 aliphatic heterocycles. The van der Waals surface area contributed by atoms with E-state index in [1.165, 1.54) is 4.90 Å². The summed E-state index contributed by atoms with van der Waals surface area (Å²) in [5, 5.41) is 3.18. The van der Waals surface area contributed by atoms with E-state index >= 15 is 0 Å². The second-order valence-electron chi connectivity index (χ2n) is 11.1. The van der Waals surface area contributed by atoms with Crippen molar-refractivity contribution in [3.8, 4) is 5.75 Å². The van der Waals surface area contributed by atoms with Gasteiger partial charge in [-0.1, -0.05) is 61.4 Å². The summed E-state index contributed by atoms with van der Waals surface area (Å²) in [6.45, 7) is 3.52. The third-order valence-corrected chi connectivity index (χ3v) is 9.06. The Balaban J connectivity index is 1.74. The summed E-state index contributed by atoms with van der Waals surface area (Å²) in [5.41, 5.74) is 4.02. The minimum atomic E-state index is -3.82. The molecule has 3 aromatic rings. The number of nitrogens with one attached hydrogen (secondary N) is 1. The Morgan fingerprint density at radius 1 is 0.929 bits per heavy atom. The summed E-state index contributed by atoms with van der Waals surface area (Å²) >= 11 is 0. The average Bonchev–Trinajstić information content (AvgIpc) is 3.48. The molecule has 42 heavy (non-hydrogen) atoms. The minimum Gasteiger partial charge on any atom is -0.497 e. The summed E-state index contributed by atoms with van der Waals surface area (Å²) in [6.07, 6.45) is 5.30. The number of amides is 2. The standard InChI is InChI=1S/C33H41N3O5S/c1-24-17-18-29(19-25(24)2)36(42(4,39)40)23-32(37)35(22-27-13-10-16-30(20-27)41-3)31(21-26-11-6-5-7-12-26)33(38)34-28-14-8-9-15-28/h5-7,10-13,16-20,28,31H,8-9,14-15,21-23H2,1-4H3,(H,34,38)/t31-/m1/s1. The zero-order valence-electron chi connectivity index (χ0n) is 24.9. The summed E-state index contributed by atoms with van der Waals surface area (Å²) in [6, 6.07) is 21.4. The lowest BCUT2D eigenvalue weighted by atomic mass is 10.0. The zero-order chi connectivity index (χ0) is 30.3. The van der Waals surface area contributed by atoms with E-state index < -0.39 is 28.5 Å². The van der Waals surface area contributed by atoms with E-state index in [0.717, 1.165) is 58.5 Å². The molecule has 0 heterocycles. The number of carbonyl (C=O) groups excluding carboxylic acids is 2. The number of sulfonamides is 1. The van der Waals surface area contributed by atoms with E-state index in [-0.39, 0.29) is 24.9 Å². The van der Waals surface area contributed by atoms with E-state index in [1.807, 2.05) is 74.5 Å². The number of nitrogens with zero attached hydrogens (tertiary/aromatic N) is 2. The molecule has 1 aliphatic rings. The van der Waals surface area contributed by atoms with Gasteiger partial charge in [-0.2, -0.15) is 0 Å². The second kappa shape index (κ2) is 13.9. The molecule has 0 bridgehead atoms. The van der Waals surface area contributed by atoms with Crippen LogP contribution in [0, 0.1) is 13.8 Å². The molecule has 1 N–H and O–H groups in total. The van der Waals surface area contributed by atoms with Gasteiger partial charge in [-0.05, 0) is 73.2 Å². The largest absolute Gasteiger partial charge is 0.497 e. The molecule has 3 aromatic carbocycles. The van der Waals surface area contributed by atoms with E-state index in [2.05, 4.69) is 5.32 Å². The van der Waals surface area contributed by atoms with E-state index in [0.29, 0.717) is 11.4 Å². The molecule has 224 valence electrons. The highest BCUT2D eigenvalue weighted by atomic mass is 32.2. The SMILES string of the molecule is COc1cccc(CN(C(=O)CN(c2ccc(C)c(C)c2)S(C)(=O)=O)[C@H](Cc2ccccc2)C(=O)NC2CCCC2)c1. The Morgan fingerprint density at radius 3 is 2.26 bits per heavy atom. The lowest BCUT2D eigenvalue weighted by Crippen LogP contribution is -2.54. The number of anilines is 1. The number of hydrogen-bond donors (Lipinski definition) is 1. The van der Waals surface area contributed by atoms with Crippen LogP contribution in [0.15, 0.2) is 72.8 Å². The van der Waals surface area contributed by atoms with Crippen LogP contribution in [-0.4, -0.2) is 57.1 Å². The third-order valence-electron chi connectivity index (χ3n) is 7.92. The van der Waals surface area contributed by atoms with E-state index in [4.69, 9.17) is 4.74 Å². The normalized spacial score (nSPS) is 14.3. The Hall–Kier alpha value is -3.85. The van der Waals surface area contributed by atoms with E-state index in [9.17, 15) is 18.0 Å². The minimum absolute atomic E-state index is 0.0626. The Labute approximate surface area is 249 Å². The lowest BCUT2D eigenvalue weighted by Gasteiger charge is -2.34. The maximum atomic E-state index is 14.3. The van der Waals surface area contributed by atoms with E-state index in [1.54, 1.807) is 19.2 Å². The van der Waals surface area contributed by atoms with Crippen molar-refractivity contribution >= 4 is 27.5 Å². The number of ether oxygens (including phenoxy) is 1. The van der Waals surface area contributed by atoms with Gasteiger partial charge in [0.25, 0.3) is 0 Å². The van der Waals surface area contributed by atoms with Gasteiger partial charge < -0.3 is 15.0 Å². The summed E-state index contributed by atoms with van der Waals surface area (Å²) < 4.78 is 32.6. The van der Waals surface area contributed by atoms with Crippen LogP contribution in [0.5, 0.6) is 5.75 Å². The van der Waals surface area contributed by atoms with Gasteiger partial charge in [0.1, 0.15) is 18.3 Å². The summed E-state index contributed by atoms with van der Waals surface area (Å²) in [4.78, 5) is 29.7. The number of aryl methyl sites for hydroxylation is 2. The number of benzene rings is 3. The van der Waals surface area contributed by atoms with Crippen molar-refractivity contribution in [1.82, 2.24) is 10.2 Å². The molecule has 4 rings (SSSR count). The highest BCUT2D eigenvalue weighted by molar-refractivity contribution is 7.92. The van der Waals surface area contributed by atoms with Crippen LogP contribution in [0.2, 0.25) is 0 Å². The smallest absolute Gasteiger partial charge is 0.244 e. The molecular formula is C33H41N3O5S. The van der Waals surface area contributed by atoms with Crippen LogP contribution >= 0.6 is 0 Å². The Bertz CT molecular complexity index is 1490. The van der Waals surface area contributed by atoms with Gasteiger partial charge in [0.15, 0.2) is 0 Å². The molecular weight excluding hydrogens is 550 g/mol.